The summed E-state index contributed by atoms with van der Waals surface area (Å²) >= 11 is 0. The van der Waals surface area contributed by atoms with Gasteiger partial charge in [0.25, 0.3) is 0 Å². The number of hydrogen-bond donors (Lipinski definition) is 2. The van der Waals surface area contributed by atoms with Crippen LogP contribution >= 0.6 is 8.25 Å². The average molecular weight is 616 g/mol. The van der Waals surface area contributed by atoms with Crippen LogP contribution in [0.25, 0.3) is 0 Å². The molecule has 0 aromatic carbocycles. The molecular formula is C36H76N2O3P+. The van der Waals surface area contributed by atoms with Crippen LogP contribution in [0.15, 0.2) is 0 Å². The Morgan fingerprint density at radius 2 is 0.619 bits per heavy atom. The van der Waals surface area contributed by atoms with Gasteiger partial charge in [0, 0.05) is 16.6 Å². The molecule has 0 aromatic heterocycles. The first kappa shape index (κ1) is 41.9. The summed E-state index contributed by atoms with van der Waals surface area (Å²) in [6.07, 6.45) is 39.8. The Labute approximate surface area is 264 Å². The van der Waals surface area contributed by atoms with Gasteiger partial charge in [-0.3, -0.25) is 0 Å². The van der Waals surface area contributed by atoms with Crippen LogP contribution in [0.5, 0.6) is 0 Å². The quantitative estimate of drug-likeness (QED) is 0.0541. The fraction of sp³-hybridized carbons (Fsp3) is 1.00. The lowest BCUT2D eigenvalue weighted by Crippen LogP contribution is -2.26. The fourth-order valence-corrected chi connectivity index (χ4v) is 6.42. The van der Waals surface area contributed by atoms with Crippen LogP contribution in [0.3, 0.4) is 0 Å². The van der Waals surface area contributed by atoms with Gasteiger partial charge in [-0.05, 0) is 12.8 Å². The van der Waals surface area contributed by atoms with Crippen LogP contribution in [-0.2, 0) is 13.6 Å². The number of rotatable bonds is 36. The van der Waals surface area contributed by atoms with E-state index >= 15 is 0 Å². The molecule has 2 atom stereocenters. The maximum absolute atomic E-state index is 12.0. The van der Waals surface area contributed by atoms with Gasteiger partial charge in [-0.15, -0.1) is 9.05 Å². The van der Waals surface area contributed by atoms with Crippen molar-refractivity contribution < 1.29 is 13.6 Å². The summed E-state index contributed by atoms with van der Waals surface area (Å²) in [7, 11) is -2.13. The molecule has 0 saturated heterocycles. The molecule has 4 N–H and O–H groups in total. The van der Waals surface area contributed by atoms with E-state index < -0.39 is 8.25 Å². The molecule has 0 amide bonds. The Morgan fingerprint density at radius 3 is 0.857 bits per heavy atom. The van der Waals surface area contributed by atoms with Crippen molar-refractivity contribution >= 4 is 8.25 Å². The van der Waals surface area contributed by atoms with Gasteiger partial charge in [0.05, 0.1) is 0 Å². The standard InChI is InChI=1S/C36H76N2O3P/c1-3-5-7-9-11-13-15-17-19-21-23-25-27-29-31-35(37)33-40-42(39)41-34-36(38)32-30-28-26-24-22-20-18-16-14-12-10-8-6-4-2/h35-36H,3-34,37-38H2,1-2H3/q+1. The molecule has 0 rings (SSSR count). The molecule has 0 saturated carbocycles. The van der Waals surface area contributed by atoms with Crippen molar-refractivity contribution in [2.45, 2.75) is 219 Å². The van der Waals surface area contributed by atoms with Crippen molar-refractivity contribution in [2.24, 2.45) is 11.5 Å². The van der Waals surface area contributed by atoms with Gasteiger partial charge in [0.15, 0.2) is 0 Å². The Hall–Kier alpha value is -0.0600. The van der Waals surface area contributed by atoms with Crippen molar-refractivity contribution in [3.63, 3.8) is 0 Å². The predicted molar refractivity (Wildman–Crippen MR) is 185 cm³/mol. The molecule has 2 unspecified atom stereocenters. The summed E-state index contributed by atoms with van der Waals surface area (Å²) in [5, 5.41) is 0. The first-order valence-corrected chi connectivity index (χ1v) is 19.9. The lowest BCUT2D eigenvalue weighted by Gasteiger charge is -2.09. The molecular weight excluding hydrogens is 539 g/mol. The van der Waals surface area contributed by atoms with Crippen LogP contribution in [0, 0.1) is 0 Å². The normalized spacial score (nSPS) is 13.5. The molecule has 0 aliphatic heterocycles. The summed E-state index contributed by atoms with van der Waals surface area (Å²) in [6.45, 7) is 5.15. The maximum Gasteiger partial charge on any atom is 0.697 e. The minimum absolute atomic E-state index is 0.0749. The Morgan fingerprint density at radius 1 is 0.405 bits per heavy atom. The summed E-state index contributed by atoms with van der Waals surface area (Å²) in [5.74, 6) is 0. The van der Waals surface area contributed by atoms with Gasteiger partial charge in [0.1, 0.15) is 13.2 Å². The number of nitrogens with two attached hydrogens (primary N) is 2. The van der Waals surface area contributed by atoms with E-state index in [1.807, 2.05) is 0 Å². The SMILES string of the molecule is CCCCCCCCCCCCCCCCC(N)CO[P+](=O)OCC(N)CCCCCCCCCCCCCCCC. The first-order valence-electron chi connectivity index (χ1n) is 18.8. The monoisotopic (exact) mass is 616 g/mol. The fourth-order valence-electron chi connectivity index (χ4n) is 5.72. The Kier molecular flexibility index (Phi) is 35.4. The zero-order valence-corrected chi connectivity index (χ0v) is 29.5. The average Bonchev–Trinajstić information content (AvgIpc) is 2.99. The van der Waals surface area contributed by atoms with Crippen LogP contribution in [0.4, 0.5) is 0 Å². The van der Waals surface area contributed by atoms with E-state index in [9.17, 15) is 4.57 Å². The summed E-state index contributed by atoms with van der Waals surface area (Å²) in [4.78, 5) is 0. The van der Waals surface area contributed by atoms with E-state index in [0.717, 1.165) is 25.7 Å². The molecule has 6 heteroatoms. The molecule has 0 aromatic rings. The van der Waals surface area contributed by atoms with Gasteiger partial charge >= 0.3 is 8.25 Å². The first-order chi connectivity index (χ1) is 20.6. The van der Waals surface area contributed by atoms with Crippen molar-refractivity contribution in [1.82, 2.24) is 0 Å². The van der Waals surface area contributed by atoms with E-state index in [2.05, 4.69) is 13.8 Å². The van der Waals surface area contributed by atoms with E-state index in [-0.39, 0.29) is 12.1 Å². The molecule has 0 aliphatic rings. The lowest BCUT2D eigenvalue weighted by atomic mass is 10.0. The van der Waals surface area contributed by atoms with Crippen molar-refractivity contribution in [3.8, 4) is 0 Å². The highest BCUT2D eigenvalue weighted by Gasteiger charge is 2.23. The molecule has 252 valence electrons. The van der Waals surface area contributed by atoms with Gasteiger partial charge in [-0.1, -0.05) is 194 Å². The second-order valence-corrected chi connectivity index (χ2v) is 14.1. The van der Waals surface area contributed by atoms with Crippen LogP contribution < -0.4 is 11.5 Å². The predicted octanol–water partition coefficient (Wildman–Crippen LogP) is 12.1. The van der Waals surface area contributed by atoms with Gasteiger partial charge in [0.2, 0.25) is 0 Å². The second kappa shape index (κ2) is 35.4. The van der Waals surface area contributed by atoms with Crippen LogP contribution in [-0.4, -0.2) is 25.3 Å². The van der Waals surface area contributed by atoms with Crippen LogP contribution in [0.2, 0.25) is 0 Å². The minimum atomic E-state index is -2.13. The highest BCUT2D eigenvalue weighted by Crippen LogP contribution is 2.25. The number of hydrogen-bond acceptors (Lipinski definition) is 5. The molecule has 0 aliphatic carbocycles. The van der Waals surface area contributed by atoms with E-state index in [1.165, 1.54) is 167 Å². The van der Waals surface area contributed by atoms with Crippen molar-refractivity contribution in [3.05, 3.63) is 0 Å². The third-order valence-electron chi connectivity index (χ3n) is 8.64. The molecule has 5 nitrogen and oxygen atoms in total. The van der Waals surface area contributed by atoms with E-state index in [0.29, 0.717) is 13.2 Å². The van der Waals surface area contributed by atoms with Gasteiger partial charge < -0.3 is 11.5 Å². The molecule has 0 bridgehead atoms. The molecule has 0 heterocycles. The largest absolute Gasteiger partial charge is 0.697 e. The third kappa shape index (κ3) is 34.4. The van der Waals surface area contributed by atoms with E-state index in [4.69, 9.17) is 20.5 Å². The van der Waals surface area contributed by atoms with Gasteiger partial charge in [-0.2, -0.15) is 0 Å². The molecule has 0 radical (unpaired) electrons. The molecule has 0 fully saturated rings. The zero-order valence-electron chi connectivity index (χ0n) is 28.6. The third-order valence-corrected chi connectivity index (χ3v) is 9.36. The summed E-state index contributed by atoms with van der Waals surface area (Å²) < 4.78 is 22.8. The summed E-state index contributed by atoms with van der Waals surface area (Å²) in [6, 6.07) is -0.150. The molecule has 42 heavy (non-hydrogen) atoms. The maximum atomic E-state index is 12.0. The second-order valence-electron chi connectivity index (χ2n) is 13.1. The topological polar surface area (TPSA) is 87.6 Å². The Balaban J connectivity index is 3.38. The van der Waals surface area contributed by atoms with E-state index in [1.54, 1.807) is 0 Å². The number of unbranched alkanes of at least 4 members (excludes halogenated alkanes) is 26. The zero-order chi connectivity index (χ0) is 30.8. The van der Waals surface area contributed by atoms with Crippen LogP contribution in [0.1, 0.15) is 206 Å². The van der Waals surface area contributed by atoms with Crippen molar-refractivity contribution in [2.75, 3.05) is 13.2 Å². The highest BCUT2D eigenvalue weighted by atomic mass is 31.1. The minimum Gasteiger partial charge on any atom is -0.326 e. The highest BCUT2D eigenvalue weighted by molar-refractivity contribution is 7.33. The molecule has 0 spiro atoms. The summed E-state index contributed by atoms with van der Waals surface area (Å²) in [5.41, 5.74) is 12.3. The van der Waals surface area contributed by atoms with Crippen molar-refractivity contribution in [1.29, 1.82) is 0 Å². The van der Waals surface area contributed by atoms with Gasteiger partial charge in [-0.25, -0.2) is 0 Å². The lowest BCUT2D eigenvalue weighted by molar-refractivity contribution is 0.200. The smallest absolute Gasteiger partial charge is 0.326 e. The Bertz CT molecular complexity index is 494.